The van der Waals surface area contributed by atoms with Crippen molar-refractivity contribution in [2.45, 2.75) is 44.2 Å². The summed E-state index contributed by atoms with van der Waals surface area (Å²) in [6.45, 7) is 2.24. The van der Waals surface area contributed by atoms with Gasteiger partial charge in [0.1, 0.15) is 6.04 Å². The number of H-pyrrole nitrogens is 1. The molecule has 0 radical (unpaired) electrons. The smallest absolute Gasteiger partial charge is 0.289 e. The number of hydrogen-bond acceptors (Lipinski definition) is 9. The number of pyridine rings is 1. The number of nitrogens with zero attached hydrogens (tertiary/aromatic N) is 6. The Morgan fingerprint density at radius 2 is 1.82 bits per heavy atom. The fourth-order valence-electron chi connectivity index (χ4n) is 6.02. The minimum absolute atomic E-state index is 0.136. The van der Waals surface area contributed by atoms with E-state index in [1.807, 2.05) is 16.8 Å². The van der Waals surface area contributed by atoms with Gasteiger partial charge in [-0.25, -0.2) is 4.68 Å². The maximum atomic E-state index is 13.6. The van der Waals surface area contributed by atoms with E-state index in [-0.39, 0.29) is 24.3 Å². The lowest BCUT2D eigenvalue weighted by molar-refractivity contribution is 0.0556. The van der Waals surface area contributed by atoms with Crippen molar-refractivity contribution in [1.82, 2.24) is 35.0 Å². The molecule has 2 fully saturated rings. The molecule has 1 atom stereocenters. The molecule has 202 valence electrons. The minimum atomic E-state index is -0.485. The average Bonchev–Trinajstić information content (AvgIpc) is 3.75. The van der Waals surface area contributed by atoms with E-state index in [2.05, 4.69) is 25.4 Å². The second-order valence-corrected chi connectivity index (χ2v) is 10.3. The van der Waals surface area contributed by atoms with Crippen LogP contribution in [0.4, 0.5) is 0 Å². The van der Waals surface area contributed by atoms with Gasteiger partial charge in [0, 0.05) is 43.2 Å². The number of aromatic nitrogens is 5. The molecule has 1 amide bonds. The number of hydrogen-bond donors (Lipinski definition) is 1. The molecule has 4 aromatic rings. The van der Waals surface area contributed by atoms with E-state index < -0.39 is 6.04 Å². The van der Waals surface area contributed by atoms with Gasteiger partial charge in [-0.15, -0.1) is 5.10 Å². The molecule has 1 aromatic carbocycles. The fraction of sp³-hybridized carbons (Fsp3) is 0.444. The second-order valence-electron chi connectivity index (χ2n) is 10.3. The highest BCUT2D eigenvalue weighted by Gasteiger charge is 2.35. The number of ether oxygens (including phenoxy) is 2. The van der Waals surface area contributed by atoms with Crippen LogP contribution in [0.3, 0.4) is 0 Å². The lowest BCUT2D eigenvalue weighted by Crippen LogP contribution is -2.51. The van der Waals surface area contributed by atoms with Crippen molar-refractivity contribution in [1.29, 1.82) is 0 Å². The van der Waals surface area contributed by atoms with Crippen LogP contribution < -0.4 is 15.0 Å². The predicted molar refractivity (Wildman–Crippen MR) is 139 cm³/mol. The van der Waals surface area contributed by atoms with Crippen LogP contribution in [0.2, 0.25) is 0 Å². The van der Waals surface area contributed by atoms with Crippen molar-refractivity contribution in [2.24, 2.45) is 0 Å². The maximum absolute atomic E-state index is 13.6. The highest BCUT2D eigenvalue weighted by molar-refractivity contribution is 5.91. The third kappa shape index (κ3) is 4.34. The molecule has 3 aromatic heterocycles. The molecule has 1 aliphatic carbocycles. The molecule has 3 aliphatic rings. The molecule has 0 bridgehead atoms. The first-order valence-corrected chi connectivity index (χ1v) is 13.5. The average molecular weight is 532 g/mol. The minimum Gasteiger partial charge on any atom is -0.459 e. The molecule has 12 heteroatoms. The van der Waals surface area contributed by atoms with Crippen molar-refractivity contribution < 1.29 is 18.7 Å². The van der Waals surface area contributed by atoms with Gasteiger partial charge in [0.25, 0.3) is 11.5 Å². The van der Waals surface area contributed by atoms with Crippen LogP contribution in [0.5, 0.6) is 11.5 Å². The number of tetrazole rings is 1. The normalized spacial score (nSPS) is 19.0. The van der Waals surface area contributed by atoms with Gasteiger partial charge in [-0.2, -0.15) is 0 Å². The third-order valence-corrected chi connectivity index (χ3v) is 8.04. The van der Waals surface area contributed by atoms with E-state index >= 15 is 0 Å². The summed E-state index contributed by atoms with van der Waals surface area (Å²) in [7, 11) is 0. The molecule has 5 heterocycles. The summed E-state index contributed by atoms with van der Waals surface area (Å²) in [6.07, 6.45) is 6.99. The van der Waals surface area contributed by atoms with Gasteiger partial charge in [0.05, 0.1) is 17.8 Å². The Labute approximate surface area is 223 Å². The van der Waals surface area contributed by atoms with Gasteiger partial charge < -0.3 is 23.8 Å². The summed E-state index contributed by atoms with van der Waals surface area (Å²) in [5, 5.41) is 13.8. The van der Waals surface area contributed by atoms with Crippen LogP contribution in [-0.4, -0.2) is 73.9 Å². The summed E-state index contributed by atoms with van der Waals surface area (Å²) in [6, 6.07) is 8.68. The van der Waals surface area contributed by atoms with E-state index in [0.29, 0.717) is 60.3 Å². The van der Waals surface area contributed by atoms with Crippen molar-refractivity contribution >= 4 is 16.8 Å². The van der Waals surface area contributed by atoms with Gasteiger partial charge in [-0.3, -0.25) is 14.5 Å². The second kappa shape index (κ2) is 9.84. The molecule has 12 nitrogen and oxygen atoms in total. The largest absolute Gasteiger partial charge is 0.459 e. The van der Waals surface area contributed by atoms with E-state index in [1.165, 1.54) is 12.7 Å². The van der Waals surface area contributed by atoms with Crippen molar-refractivity contribution in [2.75, 3.05) is 33.0 Å². The first-order chi connectivity index (χ1) is 19.2. The number of piperazine rings is 1. The topological polar surface area (TPSA) is 132 Å². The summed E-state index contributed by atoms with van der Waals surface area (Å²) in [5.41, 5.74) is 1.02. The van der Waals surface area contributed by atoms with Gasteiger partial charge >= 0.3 is 0 Å². The van der Waals surface area contributed by atoms with Crippen LogP contribution in [0.1, 0.15) is 66.1 Å². The zero-order valence-electron chi connectivity index (χ0n) is 21.4. The highest BCUT2D eigenvalue weighted by Crippen LogP contribution is 2.37. The Bertz CT molecular complexity index is 1550. The number of benzene rings is 1. The Kier molecular flexibility index (Phi) is 6.03. The number of furan rings is 1. The van der Waals surface area contributed by atoms with Crippen LogP contribution in [0.15, 0.2) is 45.8 Å². The first kappa shape index (κ1) is 23.9. The molecular formula is C27H29N7O5. The zero-order valence-corrected chi connectivity index (χ0v) is 21.4. The maximum Gasteiger partial charge on any atom is 0.289 e. The zero-order chi connectivity index (χ0) is 26.3. The van der Waals surface area contributed by atoms with Gasteiger partial charge in [0.15, 0.2) is 23.1 Å². The summed E-state index contributed by atoms with van der Waals surface area (Å²) < 4.78 is 18.3. The Hall–Kier alpha value is -4.19. The molecule has 1 saturated carbocycles. The van der Waals surface area contributed by atoms with Crippen LogP contribution in [0, 0.1) is 0 Å². The number of nitrogens with one attached hydrogen (secondary N) is 1. The molecule has 1 N–H and O–H groups in total. The monoisotopic (exact) mass is 531 g/mol. The Morgan fingerprint density at radius 1 is 1.03 bits per heavy atom. The van der Waals surface area contributed by atoms with Gasteiger partial charge in [-0.05, 0) is 47.5 Å². The van der Waals surface area contributed by atoms with Gasteiger partial charge in [-0.1, -0.05) is 19.3 Å². The molecule has 39 heavy (non-hydrogen) atoms. The third-order valence-electron chi connectivity index (χ3n) is 8.04. The SMILES string of the molecule is O=C(c1ccco1)N1CCN([C@H](c2cc3cc4c(cc3[nH]c2=O)OCO4)c2nnnn2C2CCCCC2)CC1. The van der Waals surface area contributed by atoms with Gasteiger partial charge in [0.2, 0.25) is 6.79 Å². The van der Waals surface area contributed by atoms with Crippen LogP contribution in [0.25, 0.3) is 10.9 Å². The van der Waals surface area contributed by atoms with Crippen molar-refractivity contribution in [3.63, 3.8) is 0 Å². The van der Waals surface area contributed by atoms with Crippen LogP contribution >= 0.6 is 0 Å². The number of carbonyl (C=O) groups is 1. The highest BCUT2D eigenvalue weighted by atomic mass is 16.7. The molecule has 0 spiro atoms. The lowest BCUT2D eigenvalue weighted by atomic mass is 9.95. The quantitative estimate of drug-likeness (QED) is 0.413. The predicted octanol–water partition coefficient (Wildman–Crippen LogP) is 2.89. The molecule has 7 rings (SSSR count). The number of amides is 1. The van der Waals surface area contributed by atoms with E-state index in [9.17, 15) is 9.59 Å². The Balaban J connectivity index is 1.27. The van der Waals surface area contributed by atoms with Crippen molar-refractivity contribution in [3.8, 4) is 11.5 Å². The van der Waals surface area contributed by atoms with E-state index in [4.69, 9.17) is 13.9 Å². The summed E-state index contributed by atoms with van der Waals surface area (Å²) in [5.74, 6) is 2.10. The molecule has 0 unspecified atom stereocenters. The number of rotatable bonds is 5. The first-order valence-electron chi connectivity index (χ1n) is 13.5. The number of aromatic amines is 1. The lowest BCUT2D eigenvalue weighted by Gasteiger charge is -2.38. The fourth-order valence-corrected chi connectivity index (χ4v) is 6.02. The summed E-state index contributed by atoms with van der Waals surface area (Å²) in [4.78, 5) is 33.5. The number of fused-ring (bicyclic) bond motifs is 2. The van der Waals surface area contributed by atoms with Crippen LogP contribution in [-0.2, 0) is 0 Å². The molecule has 1 saturated heterocycles. The summed E-state index contributed by atoms with van der Waals surface area (Å²) >= 11 is 0. The standard InChI is InChI=1S/C27H29N7O5/c35-26-19(13-17-14-22-23(39-16-38-22)15-20(17)28-26)24(25-29-30-31-34(25)18-5-2-1-3-6-18)32-8-10-33(11-9-32)27(36)21-7-4-12-37-21/h4,7,12-15,18,24H,1-3,5-6,8-11,16H2,(H,28,35)/t24-/m1/s1. The molecule has 2 aliphatic heterocycles. The Morgan fingerprint density at radius 3 is 2.59 bits per heavy atom. The molecular weight excluding hydrogens is 502 g/mol. The van der Waals surface area contributed by atoms with Crippen molar-refractivity contribution in [3.05, 3.63) is 64.1 Å². The number of carbonyl (C=O) groups excluding carboxylic acids is 1. The van der Waals surface area contributed by atoms with E-state index in [1.54, 1.807) is 23.1 Å². The van der Waals surface area contributed by atoms with E-state index in [0.717, 1.165) is 31.1 Å².